The van der Waals surface area contributed by atoms with Crippen LogP contribution in [-0.2, 0) is 19.6 Å². The second-order valence-corrected chi connectivity index (χ2v) is 10.3. The SMILES string of the molecule is C=CC(=O)NC1(C)CCN(S(=O)(=O)c2ccc(C(=O)NCCN3CCOCC3)cc2)CC1. The molecule has 3 rings (SSSR count). The number of carbonyl (C=O) groups is 2. The van der Waals surface area contributed by atoms with Gasteiger partial charge in [-0.05, 0) is 50.1 Å². The molecule has 2 fully saturated rings. The van der Waals surface area contributed by atoms with Crippen molar-refractivity contribution in [2.24, 2.45) is 0 Å². The van der Waals surface area contributed by atoms with Gasteiger partial charge in [-0.1, -0.05) is 6.58 Å². The van der Waals surface area contributed by atoms with Crippen molar-refractivity contribution < 1.29 is 22.7 Å². The lowest BCUT2D eigenvalue weighted by molar-refractivity contribution is -0.118. The third-order valence-electron chi connectivity index (χ3n) is 6.01. The van der Waals surface area contributed by atoms with E-state index in [2.05, 4.69) is 22.1 Å². The summed E-state index contributed by atoms with van der Waals surface area (Å²) in [5.74, 6) is -0.489. The number of amides is 2. The summed E-state index contributed by atoms with van der Waals surface area (Å²) in [4.78, 5) is 26.4. The third-order valence-corrected chi connectivity index (χ3v) is 7.92. The standard InChI is InChI=1S/C22H32N4O5S/c1-3-20(27)24-22(2)8-11-26(12-9-22)32(29,30)19-6-4-18(5-7-19)21(28)23-10-13-25-14-16-31-17-15-25/h3-7H,1,8-17H2,2H3,(H,23,28)(H,24,27). The zero-order chi connectivity index (χ0) is 23.2. The molecule has 2 saturated heterocycles. The number of carbonyl (C=O) groups excluding carboxylic acids is 2. The Morgan fingerprint density at radius 1 is 1.12 bits per heavy atom. The molecule has 0 aromatic heterocycles. The Labute approximate surface area is 189 Å². The molecule has 1 aromatic carbocycles. The number of rotatable bonds is 8. The van der Waals surface area contributed by atoms with Gasteiger partial charge >= 0.3 is 0 Å². The molecule has 176 valence electrons. The maximum absolute atomic E-state index is 13.0. The van der Waals surface area contributed by atoms with Gasteiger partial charge < -0.3 is 15.4 Å². The molecule has 32 heavy (non-hydrogen) atoms. The normalized spacial score (nSPS) is 19.8. The molecule has 2 aliphatic rings. The maximum atomic E-state index is 13.0. The molecule has 9 nitrogen and oxygen atoms in total. The number of nitrogens with zero attached hydrogens (tertiary/aromatic N) is 2. The van der Waals surface area contributed by atoms with E-state index in [1.165, 1.54) is 34.6 Å². The fourth-order valence-corrected chi connectivity index (χ4v) is 5.32. The average Bonchev–Trinajstić information content (AvgIpc) is 2.79. The van der Waals surface area contributed by atoms with Crippen LogP contribution < -0.4 is 10.6 Å². The van der Waals surface area contributed by atoms with E-state index in [1.807, 2.05) is 6.92 Å². The number of hydrogen-bond acceptors (Lipinski definition) is 6. The van der Waals surface area contributed by atoms with Gasteiger partial charge in [0, 0.05) is 50.4 Å². The van der Waals surface area contributed by atoms with E-state index in [0.717, 1.165) is 19.6 Å². The Morgan fingerprint density at radius 2 is 1.75 bits per heavy atom. The van der Waals surface area contributed by atoms with Crippen LogP contribution in [0.2, 0.25) is 0 Å². The van der Waals surface area contributed by atoms with Crippen molar-refractivity contribution in [3.63, 3.8) is 0 Å². The van der Waals surface area contributed by atoms with Crippen LogP contribution in [0, 0.1) is 0 Å². The molecule has 0 spiro atoms. The monoisotopic (exact) mass is 464 g/mol. The molecule has 0 aliphatic carbocycles. The van der Waals surface area contributed by atoms with Gasteiger partial charge in [0.25, 0.3) is 5.91 Å². The first-order valence-corrected chi connectivity index (χ1v) is 12.3. The smallest absolute Gasteiger partial charge is 0.251 e. The lowest BCUT2D eigenvalue weighted by Gasteiger charge is -2.39. The molecule has 2 heterocycles. The first kappa shape index (κ1) is 24.4. The summed E-state index contributed by atoms with van der Waals surface area (Å²) < 4.78 is 32.8. The average molecular weight is 465 g/mol. The molecule has 2 aliphatic heterocycles. The van der Waals surface area contributed by atoms with Crippen molar-refractivity contribution in [1.29, 1.82) is 0 Å². The lowest BCUT2D eigenvalue weighted by Crippen LogP contribution is -2.53. The van der Waals surface area contributed by atoms with Gasteiger partial charge in [0.15, 0.2) is 0 Å². The third kappa shape index (κ3) is 6.16. The number of benzene rings is 1. The van der Waals surface area contributed by atoms with E-state index >= 15 is 0 Å². The predicted molar refractivity (Wildman–Crippen MR) is 121 cm³/mol. The van der Waals surface area contributed by atoms with Gasteiger partial charge in [0.05, 0.1) is 18.1 Å². The highest BCUT2D eigenvalue weighted by molar-refractivity contribution is 7.89. The Kier molecular flexibility index (Phi) is 8.05. The molecule has 2 N–H and O–H groups in total. The molecule has 0 radical (unpaired) electrons. The molecular formula is C22H32N4O5S. The fourth-order valence-electron chi connectivity index (χ4n) is 3.88. The first-order chi connectivity index (χ1) is 15.2. The predicted octanol–water partition coefficient (Wildman–Crippen LogP) is 0.594. The molecule has 0 saturated carbocycles. The van der Waals surface area contributed by atoms with Gasteiger partial charge in [-0.25, -0.2) is 8.42 Å². The number of hydrogen-bond donors (Lipinski definition) is 2. The quantitative estimate of drug-likeness (QED) is 0.546. The van der Waals surface area contributed by atoms with Gasteiger partial charge in [-0.3, -0.25) is 14.5 Å². The van der Waals surface area contributed by atoms with Crippen LogP contribution in [-0.4, -0.2) is 87.5 Å². The second kappa shape index (κ2) is 10.6. The van der Waals surface area contributed by atoms with Crippen molar-refractivity contribution in [1.82, 2.24) is 19.8 Å². The number of piperidine rings is 1. The van der Waals surface area contributed by atoms with E-state index in [4.69, 9.17) is 4.74 Å². The first-order valence-electron chi connectivity index (χ1n) is 10.9. The molecule has 0 bridgehead atoms. The number of morpholine rings is 1. The number of ether oxygens (including phenoxy) is 1. The Hall–Kier alpha value is -2.27. The van der Waals surface area contributed by atoms with Crippen molar-refractivity contribution in [2.45, 2.75) is 30.2 Å². The molecular weight excluding hydrogens is 432 g/mol. The van der Waals surface area contributed by atoms with Crippen LogP contribution in [0.25, 0.3) is 0 Å². The summed E-state index contributed by atoms with van der Waals surface area (Å²) in [6.45, 7) is 10.4. The van der Waals surface area contributed by atoms with E-state index in [-0.39, 0.29) is 16.7 Å². The second-order valence-electron chi connectivity index (χ2n) is 8.39. The Bertz CT molecular complexity index is 918. The molecule has 10 heteroatoms. The van der Waals surface area contributed by atoms with Crippen LogP contribution in [0.5, 0.6) is 0 Å². The minimum absolute atomic E-state index is 0.154. The van der Waals surface area contributed by atoms with E-state index in [0.29, 0.717) is 51.3 Å². The van der Waals surface area contributed by atoms with Crippen molar-refractivity contribution in [3.05, 3.63) is 42.5 Å². The van der Waals surface area contributed by atoms with Crippen molar-refractivity contribution >= 4 is 21.8 Å². The van der Waals surface area contributed by atoms with Crippen molar-refractivity contribution in [3.8, 4) is 0 Å². The minimum atomic E-state index is -3.67. The lowest BCUT2D eigenvalue weighted by atomic mass is 9.90. The van der Waals surface area contributed by atoms with Gasteiger partial charge in [-0.15, -0.1) is 0 Å². The van der Waals surface area contributed by atoms with Crippen molar-refractivity contribution in [2.75, 3.05) is 52.5 Å². The van der Waals surface area contributed by atoms with E-state index in [9.17, 15) is 18.0 Å². The van der Waals surface area contributed by atoms with Gasteiger partial charge in [0.1, 0.15) is 0 Å². The van der Waals surface area contributed by atoms with Crippen LogP contribution in [0.3, 0.4) is 0 Å². The minimum Gasteiger partial charge on any atom is -0.379 e. The molecule has 2 amide bonds. The summed E-state index contributed by atoms with van der Waals surface area (Å²) in [5, 5.41) is 5.76. The largest absolute Gasteiger partial charge is 0.379 e. The molecule has 0 atom stereocenters. The molecule has 1 aromatic rings. The Balaban J connectivity index is 1.53. The summed E-state index contributed by atoms with van der Waals surface area (Å²) in [5.41, 5.74) is -0.0372. The van der Waals surface area contributed by atoms with Crippen LogP contribution in [0.1, 0.15) is 30.1 Å². The number of sulfonamides is 1. The Morgan fingerprint density at radius 3 is 2.34 bits per heavy atom. The van der Waals surface area contributed by atoms with Crippen LogP contribution in [0.15, 0.2) is 41.8 Å². The van der Waals surface area contributed by atoms with Crippen LogP contribution in [0.4, 0.5) is 0 Å². The highest BCUT2D eigenvalue weighted by Gasteiger charge is 2.36. The summed E-state index contributed by atoms with van der Waals surface area (Å²) >= 11 is 0. The summed E-state index contributed by atoms with van der Waals surface area (Å²) in [7, 11) is -3.67. The zero-order valence-corrected chi connectivity index (χ0v) is 19.3. The summed E-state index contributed by atoms with van der Waals surface area (Å²) in [6.07, 6.45) is 2.24. The van der Waals surface area contributed by atoms with E-state index < -0.39 is 15.6 Å². The highest BCUT2D eigenvalue weighted by Crippen LogP contribution is 2.26. The fraction of sp³-hybridized carbons (Fsp3) is 0.545. The van der Waals surface area contributed by atoms with Gasteiger partial charge in [0.2, 0.25) is 15.9 Å². The van der Waals surface area contributed by atoms with Gasteiger partial charge in [-0.2, -0.15) is 4.31 Å². The molecule has 0 unspecified atom stereocenters. The maximum Gasteiger partial charge on any atom is 0.251 e. The number of nitrogens with one attached hydrogen (secondary N) is 2. The zero-order valence-electron chi connectivity index (χ0n) is 18.5. The summed E-state index contributed by atoms with van der Waals surface area (Å²) in [6, 6.07) is 6.02. The highest BCUT2D eigenvalue weighted by atomic mass is 32.2. The van der Waals surface area contributed by atoms with E-state index in [1.54, 1.807) is 0 Å². The van der Waals surface area contributed by atoms with Crippen LogP contribution >= 0.6 is 0 Å². The topological polar surface area (TPSA) is 108 Å².